The lowest BCUT2D eigenvalue weighted by atomic mass is 9.99. The Morgan fingerprint density at radius 3 is 2.65 bits per heavy atom. The highest BCUT2D eigenvalue weighted by atomic mass is 35.5. The van der Waals surface area contributed by atoms with Crippen LogP contribution >= 0.6 is 11.6 Å². The molecule has 0 N–H and O–H groups in total. The molecule has 0 radical (unpaired) electrons. The number of nitrogens with zero attached hydrogens (tertiary/aromatic N) is 1. The van der Waals surface area contributed by atoms with Gasteiger partial charge in [-0.1, -0.05) is 18.0 Å². The van der Waals surface area contributed by atoms with Gasteiger partial charge in [0.15, 0.2) is 0 Å². The molecule has 0 aromatic heterocycles. The molecule has 1 heterocycles. The van der Waals surface area contributed by atoms with Crippen molar-refractivity contribution < 1.29 is 4.74 Å². The van der Waals surface area contributed by atoms with Crippen molar-refractivity contribution >= 4 is 11.6 Å². The van der Waals surface area contributed by atoms with Crippen molar-refractivity contribution in [2.75, 3.05) is 19.7 Å². The highest BCUT2D eigenvalue weighted by molar-refractivity contribution is 6.30. The van der Waals surface area contributed by atoms with E-state index >= 15 is 0 Å². The highest BCUT2D eigenvalue weighted by Gasteiger charge is 2.29. The average Bonchev–Trinajstić information content (AvgIpc) is 3.27. The average molecular weight is 294 g/mol. The molecule has 1 saturated heterocycles. The van der Waals surface area contributed by atoms with Crippen LogP contribution in [-0.4, -0.2) is 30.6 Å². The zero-order chi connectivity index (χ0) is 13.8. The second kappa shape index (κ2) is 6.82. The van der Waals surface area contributed by atoms with E-state index in [2.05, 4.69) is 4.90 Å². The molecule has 3 heteroatoms. The minimum absolute atomic E-state index is 0.733. The number of piperidine rings is 1. The summed E-state index contributed by atoms with van der Waals surface area (Å²) in [5, 5.41) is 0.764. The van der Waals surface area contributed by atoms with Gasteiger partial charge in [-0.2, -0.15) is 0 Å². The summed E-state index contributed by atoms with van der Waals surface area (Å²) in [6.45, 7) is 3.43. The molecule has 110 valence electrons. The Bertz CT molecular complexity index is 416. The molecule has 1 aromatic rings. The Morgan fingerprint density at radius 1 is 1.10 bits per heavy atom. The van der Waals surface area contributed by atoms with Crippen LogP contribution in [0.3, 0.4) is 0 Å². The Morgan fingerprint density at radius 2 is 1.90 bits per heavy atom. The van der Waals surface area contributed by atoms with Crippen LogP contribution in [0.5, 0.6) is 5.75 Å². The van der Waals surface area contributed by atoms with E-state index in [9.17, 15) is 0 Å². The van der Waals surface area contributed by atoms with Gasteiger partial charge in [0.25, 0.3) is 0 Å². The number of likely N-dealkylation sites (tertiary alicyclic amines) is 1. The lowest BCUT2D eigenvalue weighted by molar-refractivity contribution is 0.118. The van der Waals surface area contributed by atoms with Gasteiger partial charge in [0.05, 0.1) is 6.61 Å². The standard InChI is InChI=1S/C17H24ClNO/c18-15-6-8-17(9-7-15)20-12-10-16-3-1-2-11-19(16)13-14-4-5-14/h6-9,14,16H,1-5,10-13H2. The molecule has 2 fully saturated rings. The van der Waals surface area contributed by atoms with Crippen molar-refractivity contribution in [1.29, 1.82) is 0 Å². The Hall–Kier alpha value is -0.730. The van der Waals surface area contributed by atoms with Crippen molar-refractivity contribution in [2.24, 2.45) is 5.92 Å². The molecule has 1 aromatic carbocycles. The third-order valence-electron chi connectivity index (χ3n) is 4.47. The predicted octanol–water partition coefficient (Wildman–Crippen LogP) is 4.37. The van der Waals surface area contributed by atoms with Gasteiger partial charge in [-0.05, 0) is 68.8 Å². The lowest BCUT2D eigenvalue weighted by Gasteiger charge is -2.35. The summed E-state index contributed by atoms with van der Waals surface area (Å²) in [5.74, 6) is 1.92. The lowest BCUT2D eigenvalue weighted by Crippen LogP contribution is -2.41. The molecule has 0 amide bonds. The molecular formula is C17H24ClNO. The van der Waals surface area contributed by atoms with Gasteiger partial charge < -0.3 is 4.74 Å². The van der Waals surface area contributed by atoms with Crippen molar-refractivity contribution in [3.8, 4) is 5.75 Å². The monoisotopic (exact) mass is 293 g/mol. The molecular weight excluding hydrogens is 270 g/mol. The number of ether oxygens (including phenoxy) is 1. The fourth-order valence-electron chi connectivity index (χ4n) is 3.10. The topological polar surface area (TPSA) is 12.5 Å². The predicted molar refractivity (Wildman–Crippen MR) is 83.5 cm³/mol. The molecule has 1 saturated carbocycles. The zero-order valence-electron chi connectivity index (χ0n) is 12.1. The van der Waals surface area contributed by atoms with Crippen LogP contribution in [0.25, 0.3) is 0 Å². The van der Waals surface area contributed by atoms with Crippen LogP contribution < -0.4 is 4.74 Å². The van der Waals surface area contributed by atoms with E-state index in [0.717, 1.165) is 35.8 Å². The largest absolute Gasteiger partial charge is 0.494 e. The Labute approximate surface area is 127 Å². The van der Waals surface area contributed by atoms with E-state index in [0.29, 0.717) is 0 Å². The molecule has 0 spiro atoms. The summed E-state index contributed by atoms with van der Waals surface area (Å²) in [6.07, 6.45) is 8.15. The second-order valence-electron chi connectivity index (χ2n) is 6.18. The van der Waals surface area contributed by atoms with Crippen molar-refractivity contribution in [1.82, 2.24) is 4.90 Å². The third kappa shape index (κ3) is 4.13. The number of hydrogen-bond acceptors (Lipinski definition) is 2. The first kappa shape index (κ1) is 14.2. The fraction of sp³-hybridized carbons (Fsp3) is 0.647. The van der Waals surface area contributed by atoms with Crippen molar-refractivity contribution in [3.05, 3.63) is 29.3 Å². The van der Waals surface area contributed by atoms with E-state index in [-0.39, 0.29) is 0 Å². The third-order valence-corrected chi connectivity index (χ3v) is 4.72. The summed E-state index contributed by atoms with van der Waals surface area (Å²) in [4.78, 5) is 2.71. The van der Waals surface area contributed by atoms with Crippen LogP contribution in [0.4, 0.5) is 0 Å². The zero-order valence-corrected chi connectivity index (χ0v) is 12.8. The molecule has 1 aliphatic heterocycles. The van der Waals surface area contributed by atoms with Gasteiger partial charge in [-0.15, -0.1) is 0 Å². The molecule has 1 atom stereocenters. The molecule has 3 rings (SSSR count). The van der Waals surface area contributed by atoms with Crippen LogP contribution in [-0.2, 0) is 0 Å². The van der Waals surface area contributed by atoms with Crippen LogP contribution in [0, 0.1) is 5.92 Å². The minimum atomic E-state index is 0.733. The number of hydrogen-bond donors (Lipinski definition) is 0. The van der Waals surface area contributed by atoms with Crippen molar-refractivity contribution in [2.45, 2.75) is 44.6 Å². The summed E-state index contributed by atoms with van der Waals surface area (Å²) in [7, 11) is 0. The summed E-state index contributed by atoms with van der Waals surface area (Å²) in [5.41, 5.74) is 0. The Balaban J connectivity index is 1.44. The van der Waals surface area contributed by atoms with Crippen LogP contribution in [0.15, 0.2) is 24.3 Å². The first-order valence-electron chi connectivity index (χ1n) is 7.94. The maximum atomic E-state index is 5.88. The molecule has 1 unspecified atom stereocenters. The van der Waals surface area contributed by atoms with Crippen molar-refractivity contribution in [3.63, 3.8) is 0 Å². The van der Waals surface area contributed by atoms with E-state index < -0.39 is 0 Å². The first-order valence-corrected chi connectivity index (χ1v) is 8.31. The maximum Gasteiger partial charge on any atom is 0.119 e. The first-order chi connectivity index (χ1) is 9.81. The number of halogens is 1. The molecule has 1 aliphatic carbocycles. The molecule has 0 bridgehead atoms. The number of rotatable bonds is 6. The summed E-state index contributed by atoms with van der Waals surface area (Å²) >= 11 is 5.88. The Kier molecular flexibility index (Phi) is 4.85. The highest BCUT2D eigenvalue weighted by Crippen LogP contribution is 2.32. The van der Waals surface area contributed by atoms with Gasteiger partial charge in [0.2, 0.25) is 0 Å². The number of benzene rings is 1. The van der Waals surface area contributed by atoms with Gasteiger partial charge in [-0.3, -0.25) is 4.90 Å². The quantitative estimate of drug-likeness (QED) is 0.772. The van der Waals surface area contributed by atoms with Crippen LogP contribution in [0.2, 0.25) is 5.02 Å². The van der Waals surface area contributed by atoms with Gasteiger partial charge in [-0.25, -0.2) is 0 Å². The molecule has 2 nitrogen and oxygen atoms in total. The SMILES string of the molecule is Clc1ccc(OCCC2CCCCN2CC2CC2)cc1. The van der Waals surface area contributed by atoms with E-state index in [4.69, 9.17) is 16.3 Å². The normalized spacial score (nSPS) is 23.8. The summed E-state index contributed by atoms with van der Waals surface area (Å²) in [6, 6.07) is 8.40. The van der Waals surface area contributed by atoms with E-state index in [1.54, 1.807) is 0 Å². The van der Waals surface area contributed by atoms with Gasteiger partial charge >= 0.3 is 0 Å². The fourth-order valence-corrected chi connectivity index (χ4v) is 3.23. The van der Waals surface area contributed by atoms with Gasteiger partial charge in [0.1, 0.15) is 5.75 Å². The minimum Gasteiger partial charge on any atom is -0.494 e. The smallest absolute Gasteiger partial charge is 0.119 e. The van der Waals surface area contributed by atoms with E-state index in [1.165, 1.54) is 45.2 Å². The van der Waals surface area contributed by atoms with Crippen LogP contribution in [0.1, 0.15) is 38.5 Å². The van der Waals surface area contributed by atoms with Gasteiger partial charge in [0, 0.05) is 17.6 Å². The summed E-state index contributed by atoms with van der Waals surface area (Å²) < 4.78 is 5.85. The maximum absolute atomic E-state index is 5.88. The molecule has 20 heavy (non-hydrogen) atoms. The second-order valence-corrected chi connectivity index (χ2v) is 6.62. The molecule has 2 aliphatic rings. The van der Waals surface area contributed by atoms with E-state index in [1.807, 2.05) is 24.3 Å².